The summed E-state index contributed by atoms with van der Waals surface area (Å²) in [6.07, 6.45) is 1.21. The molecule has 0 aromatic carbocycles. The summed E-state index contributed by atoms with van der Waals surface area (Å²) in [5.74, 6) is -1.20. The van der Waals surface area contributed by atoms with Crippen molar-refractivity contribution in [1.29, 1.82) is 0 Å². The minimum absolute atomic E-state index is 0.147. The molecule has 0 aliphatic rings. The van der Waals surface area contributed by atoms with E-state index in [0.29, 0.717) is 6.42 Å². The average molecular weight is 244 g/mol. The van der Waals surface area contributed by atoms with Gasteiger partial charge in [0, 0.05) is 6.92 Å². The van der Waals surface area contributed by atoms with E-state index in [1.165, 1.54) is 14.0 Å². The van der Waals surface area contributed by atoms with Gasteiger partial charge in [-0.2, -0.15) is 0 Å². The number of hydrogen-bond acceptors (Lipinski definition) is 4. The molecule has 1 unspecified atom stereocenters. The quantitative estimate of drug-likeness (QED) is 0.643. The maximum Gasteiger partial charge on any atom is 0.331 e. The molecule has 2 N–H and O–H groups in total. The Kier molecular flexibility index (Phi) is 6.23. The number of nitrogens with one attached hydrogen (secondary N) is 2. The summed E-state index contributed by atoms with van der Waals surface area (Å²) in [6.45, 7) is 4.68. The first kappa shape index (κ1) is 15.4. The molecule has 6 nitrogen and oxygen atoms in total. The van der Waals surface area contributed by atoms with Gasteiger partial charge in [0.2, 0.25) is 11.8 Å². The van der Waals surface area contributed by atoms with E-state index in [-0.39, 0.29) is 12.5 Å². The van der Waals surface area contributed by atoms with Gasteiger partial charge < -0.3 is 15.4 Å². The normalized spacial score (nSPS) is 13.4. The number of carbonyl (C=O) groups excluding carboxylic acids is 3. The molecular weight excluding hydrogens is 224 g/mol. The highest BCUT2D eigenvalue weighted by molar-refractivity contribution is 5.90. The Hall–Kier alpha value is -1.59. The third-order valence-corrected chi connectivity index (χ3v) is 2.30. The van der Waals surface area contributed by atoms with Crippen LogP contribution >= 0.6 is 0 Å². The average Bonchev–Trinajstić information content (AvgIpc) is 2.25. The summed E-state index contributed by atoms with van der Waals surface area (Å²) in [7, 11) is 1.27. The molecule has 0 aliphatic carbocycles. The molecular formula is C11H20N2O4. The Morgan fingerprint density at radius 1 is 1.29 bits per heavy atom. The molecule has 0 bridgehead atoms. The van der Waals surface area contributed by atoms with E-state index in [1.54, 1.807) is 6.92 Å². The SMILES string of the molecule is CCCC(C)(NC(=O)CNC(C)=O)C(=O)OC. The zero-order chi connectivity index (χ0) is 13.5. The molecule has 0 aromatic heterocycles. The van der Waals surface area contributed by atoms with Crippen LogP contribution in [0.5, 0.6) is 0 Å². The van der Waals surface area contributed by atoms with Gasteiger partial charge in [-0.1, -0.05) is 13.3 Å². The van der Waals surface area contributed by atoms with Crippen LogP contribution in [0.15, 0.2) is 0 Å². The van der Waals surface area contributed by atoms with E-state index < -0.39 is 17.4 Å². The Labute approximate surface area is 101 Å². The molecule has 0 saturated heterocycles. The lowest BCUT2D eigenvalue weighted by molar-refractivity contribution is -0.150. The zero-order valence-corrected chi connectivity index (χ0v) is 10.8. The molecule has 1 atom stereocenters. The first-order valence-electron chi connectivity index (χ1n) is 5.49. The van der Waals surface area contributed by atoms with Crippen LogP contribution in [-0.2, 0) is 19.1 Å². The Balaban J connectivity index is 4.48. The number of esters is 1. The van der Waals surface area contributed by atoms with Gasteiger partial charge in [-0.3, -0.25) is 9.59 Å². The van der Waals surface area contributed by atoms with E-state index in [4.69, 9.17) is 0 Å². The van der Waals surface area contributed by atoms with Crippen LogP contribution in [0.4, 0.5) is 0 Å². The highest BCUT2D eigenvalue weighted by Gasteiger charge is 2.34. The summed E-state index contributed by atoms with van der Waals surface area (Å²) in [5.41, 5.74) is -1.04. The fourth-order valence-corrected chi connectivity index (χ4v) is 1.50. The smallest absolute Gasteiger partial charge is 0.331 e. The van der Waals surface area contributed by atoms with E-state index in [0.717, 1.165) is 6.42 Å². The number of rotatable bonds is 6. The van der Waals surface area contributed by atoms with Crippen LogP contribution in [0.25, 0.3) is 0 Å². The predicted octanol–water partition coefficient (Wildman–Crippen LogP) is -0.0295. The lowest BCUT2D eigenvalue weighted by Crippen LogP contribution is -2.54. The van der Waals surface area contributed by atoms with Crippen molar-refractivity contribution in [3.63, 3.8) is 0 Å². The fraction of sp³-hybridized carbons (Fsp3) is 0.727. The van der Waals surface area contributed by atoms with E-state index >= 15 is 0 Å². The van der Waals surface area contributed by atoms with Gasteiger partial charge in [0.1, 0.15) is 5.54 Å². The monoisotopic (exact) mass is 244 g/mol. The van der Waals surface area contributed by atoms with Gasteiger partial charge in [-0.15, -0.1) is 0 Å². The van der Waals surface area contributed by atoms with Crippen LogP contribution < -0.4 is 10.6 Å². The number of hydrogen-bond donors (Lipinski definition) is 2. The van der Waals surface area contributed by atoms with Crippen molar-refractivity contribution in [3.8, 4) is 0 Å². The summed E-state index contributed by atoms with van der Waals surface area (Å²) in [4.78, 5) is 33.7. The maximum absolute atomic E-state index is 11.6. The van der Waals surface area contributed by atoms with Crippen LogP contribution in [0, 0.1) is 0 Å². The number of ether oxygens (including phenoxy) is 1. The number of carbonyl (C=O) groups is 3. The molecule has 17 heavy (non-hydrogen) atoms. The Bertz CT molecular complexity index is 304. The standard InChI is InChI=1S/C11H20N2O4/c1-5-6-11(3,10(16)17-4)13-9(15)7-12-8(2)14/h5-7H2,1-4H3,(H,12,14)(H,13,15). The molecule has 6 heteroatoms. The molecule has 0 spiro atoms. The van der Waals surface area contributed by atoms with Gasteiger partial charge in [-0.05, 0) is 13.3 Å². The summed E-state index contributed by atoms with van der Waals surface area (Å²) >= 11 is 0. The number of methoxy groups -OCH3 is 1. The van der Waals surface area contributed by atoms with Gasteiger partial charge in [0.15, 0.2) is 0 Å². The van der Waals surface area contributed by atoms with Crippen molar-refractivity contribution in [2.75, 3.05) is 13.7 Å². The largest absolute Gasteiger partial charge is 0.467 e. The maximum atomic E-state index is 11.6. The Morgan fingerprint density at radius 2 is 1.88 bits per heavy atom. The third-order valence-electron chi connectivity index (χ3n) is 2.30. The minimum Gasteiger partial charge on any atom is -0.467 e. The fourth-order valence-electron chi connectivity index (χ4n) is 1.50. The van der Waals surface area contributed by atoms with E-state index in [9.17, 15) is 14.4 Å². The molecule has 0 aliphatic heterocycles. The number of amides is 2. The van der Waals surface area contributed by atoms with Crippen LogP contribution in [0.1, 0.15) is 33.6 Å². The van der Waals surface area contributed by atoms with Crippen LogP contribution in [-0.4, -0.2) is 37.0 Å². The molecule has 0 saturated carbocycles. The summed E-state index contributed by atoms with van der Waals surface area (Å²) in [6, 6.07) is 0. The second-order valence-electron chi connectivity index (χ2n) is 4.03. The summed E-state index contributed by atoms with van der Waals surface area (Å²) in [5, 5.41) is 4.94. The van der Waals surface area contributed by atoms with Crippen molar-refractivity contribution in [1.82, 2.24) is 10.6 Å². The van der Waals surface area contributed by atoms with Gasteiger partial charge in [-0.25, -0.2) is 4.79 Å². The zero-order valence-electron chi connectivity index (χ0n) is 10.8. The minimum atomic E-state index is -1.04. The van der Waals surface area contributed by atoms with Crippen LogP contribution in [0.3, 0.4) is 0 Å². The van der Waals surface area contributed by atoms with Crippen molar-refractivity contribution in [2.24, 2.45) is 0 Å². The van der Waals surface area contributed by atoms with Crippen molar-refractivity contribution in [2.45, 2.75) is 39.2 Å². The molecule has 98 valence electrons. The molecule has 0 rings (SSSR count). The molecule has 0 heterocycles. The van der Waals surface area contributed by atoms with Gasteiger partial charge >= 0.3 is 5.97 Å². The van der Waals surface area contributed by atoms with Crippen molar-refractivity contribution in [3.05, 3.63) is 0 Å². The van der Waals surface area contributed by atoms with Gasteiger partial charge in [0.25, 0.3) is 0 Å². The third kappa shape index (κ3) is 5.33. The van der Waals surface area contributed by atoms with Gasteiger partial charge in [0.05, 0.1) is 13.7 Å². The van der Waals surface area contributed by atoms with Crippen molar-refractivity contribution < 1.29 is 19.1 Å². The lowest BCUT2D eigenvalue weighted by atomic mass is 9.96. The van der Waals surface area contributed by atoms with Crippen molar-refractivity contribution >= 4 is 17.8 Å². The molecule has 0 aromatic rings. The highest BCUT2D eigenvalue weighted by atomic mass is 16.5. The summed E-state index contributed by atoms with van der Waals surface area (Å²) < 4.78 is 4.65. The van der Waals surface area contributed by atoms with E-state index in [1.807, 2.05) is 6.92 Å². The first-order valence-corrected chi connectivity index (χ1v) is 5.49. The molecule has 2 amide bonds. The Morgan fingerprint density at radius 3 is 2.29 bits per heavy atom. The van der Waals surface area contributed by atoms with E-state index in [2.05, 4.69) is 15.4 Å². The predicted molar refractivity (Wildman–Crippen MR) is 62.2 cm³/mol. The molecule has 0 fully saturated rings. The lowest BCUT2D eigenvalue weighted by Gasteiger charge is -2.27. The highest BCUT2D eigenvalue weighted by Crippen LogP contribution is 2.13. The topological polar surface area (TPSA) is 84.5 Å². The first-order chi connectivity index (χ1) is 7.85. The second-order valence-corrected chi connectivity index (χ2v) is 4.03. The molecule has 0 radical (unpaired) electrons. The second kappa shape index (κ2) is 6.88. The van der Waals surface area contributed by atoms with Crippen LogP contribution in [0.2, 0.25) is 0 Å².